The Hall–Kier alpha value is -3.10. The molecule has 0 radical (unpaired) electrons. The third-order valence-electron chi connectivity index (χ3n) is 4.72. The van der Waals surface area contributed by atoms with Crippen LogP contribution in [0.5, 0.6) is 0 Å². The summed E-state index contributed by atoms with van der Waals surface area (Å²) in [6.45, 7) is 2.21. The average molecular weight is 429 g/mol. The molecule has 0 spiro atoms. The highest BCUT2D eigenvalue weighted by Crippen LogP contribution is 2.35. The van der Waals surface area contributed by atoms with Crippen LogP contribution in [-0.4, -0.2) is 23.2 Å². The number of nitrogens with one attached hydrogen (secondary N) is 1. The molecule has 0 atom stereocenters. The van der Waals surface area contributed by atoms with Gasteiger partial charge in [0.1, 0.15) is 16.2 Å². The summed E-state index contributed by atoms with van der Waals surface area (Å²) in [7, 11) is -4.01. The number of aryl methyl sites for hydroxylation is 1. The van der Waals surface area contributed by atoms with E-state index in [4.69, 9.17) is 17.3 Å². The predicted molar refractivity (Wildman–Crippen MR) is 112 cm³/mol. The van der Waals surface area contributed by atoms with Crippen LogP contribution in [0.1, 0.15) is 11.1 Å². The zero-order chi connectivity index (χ0) is 20.8. The van der Waals surface area contributed by atoms with Gasteiger partial charge in [-0.2, -0.15) is 5.10 Å². The lowest BCUT2D eigenvalue weighted by Crippen LogP contribution is -2.14. The van der Waals surface area contributed by atoms with Gasteiger partial charge in [-0.3, -0.25) is 4.79 Å². The van der Waals surface area contributed by atoms with Crippen molar-refractivity contribution in [3.63, 3.8) is 0 Å². The Bertz CT molecular complexity index is 1370. The number of sulfone groups is 1. The van der Waals surface area contributed by atoms with Gasteiger partial charge in [-0.1, -0.05) is 41.4 Å². The number of nitrogens with two attached hydrogens (primary N) is 1. The van der Waals surface area contributed by atoms with Gasteiger partial charge in [0.2, 0.25) is 9.84 Å². The monoisotopic (exact) mass is 428 g/mol. The number of fused-ring (bicyclic) bond motifs is 1. The first-order valence-electron chi connectivity index (χ1n) is 8.70. The third kappa shape index (κ3) is 3.30. The number of benzene rings is 2. The molecule has 0 bridgehead atoms. The molecule has 29 heavy (non-hydrogen) atoms. The molecule has 0 unspecified atom stereocenters. The van der Waals surface area contributed by atoms with Crippen molar-refractivity contribution in [3.8, 4) is 0 Å². The highest BCUT2D eigenvalue weighted by molar-refractivity contribution is 7.92. The number of hydrogen-bond acceptors (Lipinski definition) is 5. The summed E-state index contributed by atoms with van der Waals surface area (Å²) in [5.41, 5.74) is 7.91. The predicted octanol–water partition coefficient (Wildman–Crippen LogP) is 3.15. The quantitative estimate of drug-likeness (QED) is 0.518. The molecule has 2 aromatic heterocycles. The molecule has 0 aliphatic carbocycles. The molecule has 9 heteroatoms. The molecule has 4 aromatic rings. The van der Waals surface area contributed by atoms with Gasteiger partial charge in [-0.05, 0) is 36.8 Å². The van der Waals surface area contributed by atoms with Gasteiger partial charge >= 0.3 is 0 Å². The topological polar surface area (TPSA) is 111 Å². The molecule has 0 saturated heterocycles. The smallest absolute Gasteiger partial charge is 0.288 e. The number of aromatic nitrogens is 3. The third-order valence-corrected chi connectivity index (χ3v) is 6.83. The van der Waals surface area contributed by atoms with Crippen molar-refractivity contribution < 1.29 is 8.42 Å². The van der Waals surface area contributed by atoms with Crippen LogP contribution in [0, 0.1) is 6.92 Å². The Kier molecular flexibility index (Phi) is 4.68. The molecule has 2 aromatic carbocycles. The van der Waals surface area contributed by atoms with Crippen LogP contribution in [-0.2, 0) is 16.4 Å². The van der Waals surface area contributed by atoms with E-state index in [0.29, 0.717) is 5.02 Å². The number of nitrogens with zero attached hydrogens (tertiary/aromatic N) is 2. The van der Waals surface area contributed by atoms with E-state index in [0.717, 1.165) is 11.1 Å². The first-order valence-corrected chi connectivity index (χ1v) is 10.6. The highest BCUT2D eigenvalue weighted by atomic mass is 35.5. The summed E-state index contributed by atoms with van der Waals surface area (Å²) >= 11 is 5.88. The van der Waals surface area contributed by atoms with Crippen LogP contribution in [0.4, 0.5) is 5.82 Å². The maximum absolute atomic E-state index is 13.3. The van der Waals surface area contributed by atoms with Gasteiger partial charge in [0, 0.05) is 17.0 Å². The molecule has 0 aliphatic rings. The van der Waals surface area contributed by atoms with E-state index < -0.39 is 15.4 Å². The van der Waals surface area contributed by atoms with Gasteiger partial charge in [-0.25, -0.2) is 13.5 Å². The zero-order valence-corrected chi connectivity index (χ0v) is 17.0. The summed E-state index contributed by atoms with van der Waals surface area (Å²) in [5, 5.41) is 6.72. The number of aromatic amines is 1. The van der Waals surface area contributed by atoms with Gasteiger partial charge in [-0.15, -0.1) is 0 Å². The first kappa shape index (κ1) is 19.2. The molecule has 0 fully saturated rings. The molecule has 4 rings (SSSR count). The van der Waals surface area contributed by atoms with Crippen LogP contribution in [0.15, 0.2) is 69.3 Å². The summed E-state index contributed by atoms with van der Waals surface area (Å²) in [4.78, 5) is 12.4. The molecular formula is C20H17ClN4O3S. The fourth-order valence-corrected chi connectivity index (χ4v) is 4.94. The van der Waals surface area contributed by atoms with Gasteiger partial charge in [0.15, 0.2) is 0 Å². The first-order chi connectivity index (χ1) is 13.8. The second-order valence-corrected chi connectivity index (χ2v) is 9.03. The Morgan fingerprint density at radius 3 is 2.41 bits per heavy atom. The van der Waals surface area contributed by atoms with E-state index in [1.165, 1.54) is 35.0 Å². The molecule has 2 heterocycles. The van der Waals surface area contributed by atoms with Gasteiger partial charge in [0.05, 0.1) is 11.1 Å². The molecular weight excluding hydrogens is 412 g/mol. The lowest BCUT2D eigenvalue weighted by atomic mass is 10.1. The second kappa shape index (κ2) is 7.06. The minimum Gasteiger partial charge on any atom is -0.384 e. The number of hydrogen-bond donors (Lipinski definition) is 2. The maximum Gasteiger partial charge on any atom is 0.288 e. The molecule has 3 N–H and O–H groups in total. The second-order valence-electron chi connectivity index (χ2n) is 6.70. The van der Waals surface area contributed by atoms with E-state index >= 15 is 0 Å². The number of halogens is 1. The Morgan fingerprint density at radius 2 is 1.76 bits per heavy atom. The fourth-order valence-electron chi connectivity index (χ4n) is 3.26. The van der Waals surface area contributed by atoms with Crippen molar-refractivity contribution in [2.45, 2.75) is 23.3 Å². The summed E-state index contributed by atoms with van der Waals surface area (Å²) < 4.78 is 28.2. The minimum atomic E-state index is -4.01. The van der Waals surface area contributed by atoms with E-state index in [-0.39, 0.29) is 33.1 Å². The molecule has 0 saturated carbocycles. The largest absolute Gasteiger partial charge is 0.384 e. The lowest BCUT2D eigenvalue weighted by Gasteiger charge is -2.09. The number of H-pyrrole nitrogens is 1. The Labute approximate surface area is 171 Å². The van der Waals surface area contributed by atoms with E-state index in [2.05, 4.69) is 10.2 Å². The van der Waals surface area contributed by atoms with E-state index in [9.17, 15) is 13.2 Å². The van der Waals surface area contributed by atoms with E-state index in [1.54, 1.807) is 0 Å². The zero-order valence-electron chi connectivity index (χ0n) is 15.4. The van der Waals surface area contributed by atoms with Crippen molar-refractivity contribution in [2.24, 2.45) is 0 Å². The van der Waals surface area contributed by atoms with E-state index in [1.807, 2.05) is 31.2 Å². The lowest BCUT2D eigenvalue weighted by molar-refractivity contribution is 0.597. The fraction of sp³-hybridized carbons (Fsp3) is 0.100. The van der Waals surface area contributed by atoms with Crippen molar-refractivity contribution >= 4 is 38.2 Å². The number of rotatable bonds is 4. The molecule has 148 valence electrons. The highest BCUT2D eigenvalue weighted by Gasteiger charge is 2.29. The SMILES string of the molecule is Cc1ccc(Cn2c(N)c(S(=O)(=O)c3ccc(Cl)cc3)c3cn[nH]c(=O)c32)cc1. The normalized spacial score (nSPS) is 11.8. The number of nitrogen functional groups attached to an aromatic ring is 1. The minimum absolute atomic E-state index is 0.0194. The maximum atomic E-state index is 13.3. The van der Waals surface area contributed by atoms with Crippen LogP contribution in [0.25, 0.3) is 10.9 Å². The van der Waals surface area contributed by atoms with Crippen LogP contribution >= 0.6 is 11.6 Å². The molecule has 0 amide bonds. The standard InChI is InChI=1S/C20H17ClN4O3S/c1-12-2-4-13(5-3-12)11-25-17-16(10-23-24-20(17)26)18(19(25)22)29(27,28)15-8-6-14(21)7-9-15/h2-10H,11,22H2,1H3,(H,24,26). The Balaban J connectivity index is 1.97. The van der Waals surface area contributed by atoms with Gasteiger partial charge < -0.3 is 10.3 Å². The summed E-state index contributed by atoms with van der Waals surface area (Å²) in [5.74, 6) is -0.0194. The van der Waals surface area contributed by atoms with Crippen molar-refractivity contribution in [1.29, 1.82) is 0 Å². The van der Waals surface area contributed by atoms with Crippen LogP contribution in [0.2, 0.25) is 5.02 Å². The summed E-state index contributed by atoms with van der Waals surface area (Å²) in [6, 6.07) is 13.5. The summed E-state index contributed by atoms with van der Waals surface area (Å²) in [6.07, 6.45) is 1.31. The molecule has 0 aliphatic heterocycles. The van der Waals surface area contributed by atoms with Crippen molar-refractivity contribution in [2.75, 3.05) is 5.73 Å². The molecule has 7 nitrogen and oxygen atoms in total. The van der Waals surface area contributed by atoms with Crippen LogP contribution in [0.3, 0.4) is 0 Å². The van der Waals surface area contributed by atoms with Crippen molar-refractivity contribution in [1.82, 2.24) is 14.8 Å². The van der Waals surface area contributed by atoms with Crippen molar-refractivity contribution in [3.05, 3.63) is 81.2 Å². The van der Waals surface area contributed by atoms with Crippen LogP contribution < -0.4 is 11.3 Å². The van der Waals surface area contributed by atoms with Gasteiger partial charge in [0.25, 0.3) is 5.56 Å². The number of anilines is 1. The average Bonchev–Trinajstić information content (AvgIpc) is 2.97. The Morgan fingerprint density at radius 1 is 1.10 bits per heavy atom.